The molecule has 1 N–H and O–H groups in total. The Morgan fingerprint density at radius 1 is 1.15 bits per heavy atom. The molecule has 2 aromatic rings. The largest absolute Gasteiger partial charge is 0.490 e. The Kier molecular flexibility index (Phi) is 8.84. The van der Waals surface area contributed by atoms with Gasteiger partial charge in [-0.05, 0) is 59.8 Å². The third-order valence-electron chi connectivity index (χ3n) is 4.16. The van der Waals surface area contributed by atoms with E-state index in [1.54, 1.807) is 24.3 Å². The van der Waals surface area contributed by atoms with Gasteiger partial charge in [-0.15, -0.1) is 0 Å². The fourth-order valence-corrected chi connectivity index (χ4v) is 3.30. The first kappa shape index (κ1) is 27.3. The molecule has 0 aliphatic carbocycles. The lowest BCUT2D eigenvalue weighted by Crippen LogP contribution is -2.42. The number of rotatable bonds is 10. The van der Waals surface area contributed by atoms with Crippen LogP contribution in [-0.4, -0.2) is 54.4 Å². The van der Waals surface area contributed by atoms with Crippen LogP contribution in [0.4, 0.5) is 14.5 Å². The molecular weight excluding hydrogens is 599 g/mol. The summed E-state index contributed by atoms with van der Waals surface area (Å²) < 4.78 is 73.4. The maximum absolute atomic E-state index is 13.7. The van der Waals surface area contributed by atoms with Crippen LogP contribution in [0.2, 0.25) is 0 Å². The monoisotopic (exact) mass is 615 g/mol. The summed E-state index contributed by atoms with van der Waals surface area (Å²) in [6, 6.07) is 9.69. The van der Waals surface area contributed by atoms with E-state index in [9.17, 15) is 36.9 Å². The molecule has 0 radical (unpaired) electrons. The summed E-state index contributed by atoms with van der Waals surface area (Å²) in [4.78, 5) is 35.2. The van der Waals surface area contributed by atoms with E-state index >= 15 is 0 Å². The van der Waals surface area contributed by atoms with Crippen LogP contribution in [0, 0.1) is 13.7 Å². The Morgan fingerprint density at radius 3 is 2.32 bits per heavy atom. The maximum Gasteiger partial charge on any atom is 0.405 e. The molecule has 1 atom stereocenters. The highest BCUT2D eigenvalue weighted by atomic mass is 127. The predicted molar refractivity (Wildman–Crippen MR) is 119 cm³/mol. The summed E-state index contributed by atoms with van der Waals surface area (Å²) in [5, 5.41) is 6.41. The van der Waals surface area contributed by atoms with Gasteiger partial charge in [0.15, 0.2) is 11.7 Å². The highest BCUT2D eigenvalue weighted by Gasteiger charge is 2.52. The van der Waals surface area contributed by atoms with Crippen LogP contribution >= 0.6 is 22.6 Å². The molecule has 2 rings (SSSR count). The number of benzene rings is 2. The minimum Gasteiger partial charge on any atom is -0.490 e. The normalized spacial score (nSPS) is 12.5. The fourth-order valence-electron chi connectivity index (χ4n) is 2.48. The maximum atomic E-state index is 13.7. The predicted octanol–water partition coefficient (Wildman–Crippen LogP) is 3.46. The van der Waals surface area contributed by atoms with Gasteiger partial charge in [-0.25, -0.2) is 9.59 Å². The lowest BCUT2D eigenvalue weighted by molar-refractivity contribution is -0.385. The second kappa shape index (κ2) is 11.0. The van der Waals surface area contributed by atoms with Crippen molar-refractivity contribution in [3.05, 3.63) is 67.3 Å². The number of esters is 2. The Hall–Kier alpha value is -2.92. The first-order chi connectivity index (χ1) is 15.8. The number of nitro groups is 1. The van der Waals surface area contributed by atoms with E-state index in [0.717, 1.165) is 21.8 Å². The molecule has 0 saturated heterocycles. The lowest BCUT2D eigenvalue weighted by atomic mass is 10.1. The Labute approximate surface area is 205 Å². The first-order valence-corrected chi connectivity index (χ1v) is 11.7. The Bertz CT molecular complexity index is 1190. The number of halogens is 3. The van der Waals surface area contributed by atoms with Gasteiger partial charge < -0.3 is 14.2 Å². The number of carbonyl (C=O) groups excluding carboxylic acids is 2. The minimum atomic E-state index is -5.97. The molecule has 1 unspecified atom stereocenters. The van der Waals surface area contributed by atoms with Crippen LogP contribution in [0.1, 0.15) is 27.6 Å². The van der Waals surface area contributed by atoms with Gasteiger partial charge in [-0.2, -0.15) is 17.2 Å². The number of carbonyl (C=O) groups is 2. The molecule has 184 valence electrons. The van der Waals surface area contributed by atoms with E-state index in [2.05, 4.69) is 27.3 Å². The quantitative estimate of drug-likeness (QED) is 0.105. The van der Waals surface area contributed by atoms with Crippen molar-refractivity contribution in [2.45, 2.75) is 18.3 Å². The molecule has 0 aliphatic rings. The molecule has 0 bridgehead atoms. The molecule has 0 amide bonds. The Morgan fingerprint density at radius 2 is 1.76 bits per heavy atom. The van der Waals surface area contributed by atoms with Gasteiger partial charge in [0.05, 0.1) is 10.5 Å². The van der Waals surface area contributed by atoms with Crippen molar-refractivity contribution in [2.24, 2.45) is 0 Å². The van der Waals surface area contributed by atoms with Crippen molar-refractivity contribution < 1.29 is 50.5 Å². The minimum absolute atomic E-state index is 0.112. The molecule has 0 fully saturated rings. The van der Waals surface area contributed by atoms with Crippen molar-refractivity contribution in [3.63, 3.8) is 0 Å². The number of hydrogen-bond acceptors (Lipinski definition) is 9. The zero-order valence-electron chi connectivity index (χ0n) is 17.1. The van der Waals surface area contributed by atoms with Crippen molar-refractivity contribution in [1.29, 1.82) is 0 Å². The third-order valence-corrected chi connectivity index (χ3v) is 5.90. The molecule has 0 aliphatic heterocycles. The van der Waals surface area contributed by atoms with Crippen molar-refractivity contribution in [2.75, 3.05) is 13.2 Å². The number of hydrogen-bond donors (Lipinski definition) is 1. The Balaban J connectivity index is 2.20. The standard InChI is InChI=1S/C19H16F2INO10S/c1-11(19(20,21)34(28,29)30)33-18(25)16-14(3-2-4-15(16)23(26)27)17(24)32-10-9-31-13-7-5-12(22)6-8-13/h2-8,11H,9-10H2,1H3,(H,28,29,30). The van der Waals surface area contributed by atoms with Crippen molar-refractivity contribution in [1.82, 2.24) is 0 Å². The van der Waals surface area contributed by atoms with E-state index in [0.29, 0.717) is 12.7 Å². The molecule has 2 aromatic carbocycles. The summed E-state index contributed by atoms with van der Waals surface area (Å²) in [5.74, 6) is -2.55. The second-order valence-electron chi connectivity index (χ2n) is 6.48. The van der Waals surface area contributed by atoms with Gasteiger partial charge in [0.25, 0.3) is 5.69 Å². The van der Waals surface area contributed by atoms with E-state index in [-0.39, 0.29) is 13.2 Å². The zero-order chi connectivity index (χ0) is 25.7. The number of nitrogens with zero attached hydrogens (tertiary/aromatic N) is 1. The molecule has 0 spiro atoms. The van der Waals surface area contributed by atoms with Crippen LogP contribution in [0.15, 0.2) is 42.5 Å². The van der Waals surface area contributed by atoms with Crippen LogP contribution < -0.4 is 4.74 Å². The number of alkyl halides is 2. The second-order valence-corrected chi connectivity index (χ2v) is 9.22. The van der Waals surface area contributed by atoms with Gasteiger partial charge in [0.2, 0.25) is 0 Å². The van der Waals surface area contributed by atoms with E-state index in [4.69, 9.17) is 14.0 Å². The topological polar surface area (TPSA) is 159 Å². The van der Waals surface area contributed by atoms with E-state index in [1.807, 2.05) is 0 Å². The smallest absolute Gasteiger partial charge is 0.405 e. The summed E-state index contributed by atoms with van der Waals surface area (Å²) in [7, 11) is -5.97. The number of ether oxygens (including phenoxy) is 3. The van der Waals surface area contributed by atoms with Crippen LogP contribution in [0.25, 0.3) is 0 Å². The summed E-state index contributed by atoms with van der Waals surface area (Å²) >= 11 is 2.09. The highest BCUT2D eigenvalue weighted by molar-refractivity contribution is 14.1. The van der Waals surface area contributed by atoms with Crippen LogP contribution in [0.5, 0.6) is 5.75 Å². The molecule has 0 aromatic heterocycles. The fraction of sp³-hybridized carbons (Fsp3) is 0.263. The van der Waals surface area contributed by atoms with Crippen LogP contribution in [0.3, 0.4) is 0 Å². The zero-order valence-corrected chi connectivity index (χ0v) is 20.1. The average Bonchev–Trinajstić information content (AvgIpc) is 2.76. The van der Waals surface area contributed by atoms with Gasteiger partial charge in [-0.1, -0.05) is 6.07 Å². The number of nitro benzene ring substituents is 1. The van der Waals surface area contributed by atoms with Crippen LogP contribution in [-0.2, 0) is 19.6 Å². The van der Waals surface area contributed by atoms with Gasteiger partial charge in [-0.3, -0.25) is 14.7 Å². The van der Waals surface area contributed by atoms with Crippen molar-refractivity contribution >= 4 is 50.3 Å². The molecule has 11 nitrogen and oxygen atoms in total. The lowest BCUT2D eigenvalue weighted by Gasteiger charge is -2.21. The summed E-state index contributed by atoms with van der Waals surface area (Å²) in [6.07, 6.45) is -2.75. The van der Waals surface area contributed by atoms with Crippen molar-refractivity contribution in [3.8, 4) is 5.75 Å². The summed E-state index contributed by atoms with van der Waals surface area (Å²) in [5.41, 5.74) is -2.69. The average molecular weight is 615 g/mol. The SMILES string of the molecule is CC(OC(=O)c1c(C(=O)OCCOc2ccc(I)cc2)cccc1[N+](=O)[O-])C(F)(F)S(=O)(=O)O. The highest BCUT2D eigenvalue weighted by Crippen LogP contribution is 2.30. The van der Waals surface area contributed by atoms with Gasteiger partial charge in [0.1, 0.15) is 19.0 Å². The third kappa shape index (κ3) is 6.57. The van der Waals surface area contributed by atoms with E-state index < -0.39 is 55.2 Å². The molecule has 0 saturated carbocycles. The van der Waals surface area contributed by atoms with Gasteiger partial charge >= 0.3 is 27.3 Å². The molecule has 34 heavy (non-hydrogen) atoms. The molecule has 0 heterocycles. The molecular formula is C19H16F2INO10S. The molecule has 15 heteroatoms. The van der Waals surface area contributed by atoms with Gasteiger partial charge in [0, 0.05) is 9.64 Å². The van der Waals surface area contributed by atoms with E-state index in [1.165, 1.54) is 0 Å². The summed E-state index contributed by atoms with van der Waals surface area (Å²) in [6.45, 7) is -0.00172. The first-order valence-electron chi connectivity index (χ1n) is 9.14.